The molecule has 0 bridgehead atoms. The third kappa shape index (κ3) is 7.12. The smallest absolute Gasteiger partial charge is 0.241 e. The SMILES string of the molecule is O=C(NCCSCc1ccc(Cl)c(Cl)c1)C1CCN(Cc2nc(-c3cccc(Cl)c3)no2)CC1. The summed E-state index contributed by atoms with van der Waals surface area (Å²) in [5.74, 6) is 2.95. The molecule has 1 N–H and O–H groups in total. The summed E-state index contributed by atoms with van der Waals surface area (Å²) in [5, 5.41) is 8.90. The Morgan fingerprint density at radius 1 is 1.12 bits per heavy atom. The van der Waals surface area contributed by atoms with Crippen molar-refractivity contribution in [3.05, 3.63) is 69.0 Å². The van der Waals surface area contributed by atoms with E-state index < -0.39 is 0 Å². The molecule has 6 nitrogen and oxygen atoms in total. The van der Waals surface area contributed by atoms with Crippen LogP contribution in [0.4, 0.5) is 0 Å². The van der Waals surface area contributed by atoms with Crippen LogP contribution >= 0.6 is 46.6 Å². The Kier molecular flexibility index (Phi) is 9.14. The molecule has 2 heterocycles. The lowest BCUT2D eigenvalue weighted by Gasteiger charge is -2.30. The maximum absolute atomic E-state index is 12.5. The number of hydrogen-bond donors (Lipinski definition) is 1. The molecule has 3 aromatic rings. The second-order valence-corrected chi connectivity index (χ2v) is 10.5. The van der Waals surface area contributed by atoms with Crippen molar-refractivity contribution in [1.29, 1.82) is 0 Å². The second-order valence-electron chi connectivity index (χ2n) is 8.16. The first kappa shape index (κ1) is 25.3. The quantitative estimate of drug-likeness (QED) is 0.338. The van der Waals surface area contributed by atoms with E-state index in [1.807, 2.05) is 42.5 Å². The van der Waals surface area contributed by atoms with Gasteiger partial charge in [-0.3, -0.25) is 9.69 Å². The van der Waals surface area contributed by atoms with Crippen molar-refractivity contribution in [2.24, 2.45) is 5.92 Å². The zero-order chi connectivity index (χ0) is 23.9. The summed E-state index contributed by atoms with van der Waals surface area (Å²) in [6.07, 6.45) is 1.63. The molecule has 0 aliphatic carbocycles. The van der Waals surface area contributed by atoms with Gasteiger partial charge in [0.15, 0.2) is 0 Å². The Hall–Kier alpha value is -1.77. The van der Waals surface area contributed by atoms with Gasteiger partial charge in [0.2, 0.25) is 17.6 Å². The maximum Gasteiger partial charge on any atom is 0.241 e. The molecular formula is C24H25Cl3N4O2S. The highest BCUT2D eigenvalue weighted by molar-refractivity contribution is 7.98. The largest absolute Gasteiger partial charge is 0.355 e. The number of rotatable bonds is 9. The molecule has 0 unspecified atom stereocenters. The minimum atomic E-state index is 0.0426. The number of amides is 1. The zero-order valence-corrected chi connectivity index (χ0v) is 21.6. The van der Waals surface area contributed by atoms with E-state index in [0.29, 0.717) is 39.9 Å². The minimum absolute atomic E-state index is 0.0426. The summed E-state index contributed by atoms with van der Waals surface area (Å²) < 4.78 is 5.41. The van der Waals surface area contributed by atoms with Crippen molar-refractivity contribution in [2.45, 2.75) is 25.1 Å². The van der Waals surface area contributed by atoms with Crippen molar-refractivity contribution in [3.8, 4) is 11.4 Å². The Labute approximate surface area is 218 Å². The molecule has 0 atom stereocenters. The molecule has 4 rings (SSSR count). The highest BCUT2D eigenvalue weighted by Gasteiger charge is 2.25. The first-order valence-corrected chi connectivity index (χ1v) is 13.4. The van der Waals surface area contributed by atoms with Gasteiger partial charge in [-0.15, -0.1) is 0 Å². The predicted octanol–water partition coefficient (Wildman–Crippen LogP) is 5.96. The molecule has 180 valence electrons. The van der Waals surface area contributed by atoms with Crippen LogP contribution in [0.2, 0.25) is 15.1 Å². The highest BCUT2D eigenvalue weighted by Crippen LogP contribution is 2.25. The first-order valence-electron chi connectivity index (χ1n) is 11.1. The van der Waals surface area contributed by atoms with Gasteiger partial charge in [-0.25, -0.2) is 0 Å². The van der Waals surface area contributed by atoms with E-state index in [2.05, 4.69) is 20.4 Å². The zero-order valence-electron chi connectivity index (χ0n) is 18.5. The van der Waals surface area contributed by atoms with E-state index in [1.54, 1.807) is 11.8 Å². The van der Waals surface area contributed by atoms with Crippen LogP contribution in [0.3, 0.4) is 0 Å². The Balaban J connectivity index is 1.14. The second kappa shape index (κ2) is 12.3. The van der Waals surface area contributed by atoms with E-state index in [1.165, 1.54) is 0 Å². The molecule has 2 aromatic carbocycles. The monoisotopic (exact) mass is 538 g/mol. The lowest BCUT2D eigenvalue weighted by atomic mass is 9.96. The van der Waals surface area contributed by atoms with Gasteiger partial charge >= 0.3 is 0 Å². The van der Waals surface area contributed by atoms with E-state index in [0.717, 1.165) is 48.6 Å². The summed E-state index contributed by atoms with van der Waals surface area (Å²) in [6, 6.07) is 13.0. The van der Waals surface area contributed by atoms with Crippen molar-refractivity contribution < 1.29 is 9.32 Å². The third-order valence-corrected chi connectivity index (χ3v) is 7.67. The number of nitrogens with one attached hydrogen (secondary N) is 1. The number of nitrogens with zero attached hydrogens (tertiary/aromatic N) is 3. The summed E-state index contributed by atoms with van der Waals surface area (Å²) in [6.45, 7) is 2.87. The molecule has 10 heteroatoms. The minimum Gasteiger partial charge on any atom is -0.355 e. The molecule has 1 fully saturated rings. The Morgan fingerprint density at radius 3 is 2.71 bits per heavy atom. The van der Waals surface area contributed by atoms with Crippen molar-refractivity contribution in [3.63, 3.8) is 0 Å². The van der Waals surface area contributed by atoms with Gasteiger partial charge in [-0.2, -0.15) is 16.7 Å². The molecule has 34 heavy (non-hydrogen) atoms. The van der Waals surface area contributed by atoms with Gasteiger partial charge in [0.1, 0.15) is 0 Å². The average molecular weight is 540 g/mol. The van der Waals surface area contributed by atoms with Crippen LogP contribution in [0.15, 0.2) is 47.0 Å². The van der Waals surface area contributed by atoms with Crippen molar-refractivity contribution in [2.75, 3.05) is 25.4 Å². The van der Waals surface area contributed by atoms with Crippen molar-refractivity contribution in [1.82, 2.24) is 20.4 Å². The maximum atomic E-state index is 12.5. The molecule has 1 aliphatic rings. The van der Waals surface area contributed by atoms with Gasteiger partial charge in [0.05, 0.1) is 16.6 Å². The van der Waals surface area contributed by atoms with E-state index in [4.69, 9.17) is 39.3 Å². The number of hydrogen-bond acceptors (Lipinski definition) is 6. The van der Waals surface area contributed by atoms with Gasteiger partial charge in [0.25, 0.3) is 0 Å². The fourth-order valence-electron chi connectivity index (χ4n) is 3.82. The number of piperidine rings is 1. The normalized spacial score (nSPS) is 14.9. The average Bonchev–Trinajstić information content (AvgIpc) is 3.30. The van der Waals surface area contributed by atoms with E-state index in [9.17, 15) is 4.79 Å². The molecule has 0 spiro atoms. The number of halogens is 3. The fraction of sp³-hybridized carbons (Fsp3) is 0.375. The number of carbonyl (C=O) groups excluding carboxylic acids is 1. The van der Waals surface area contributed by atoms with Crippen LogP contribution in [0.25, 0.3) is 11.4 Å². The van der Waals surface area contributed by atoms with E-state index in [-0.39, 0.29) is 11.8 Å². The van der Waals surface area contributed by atoms with Gasteiger partial charge in [-0.05, 0) is 55.8 Å². The number of likely N-dealkylation sites (tertiary alicyclic amines) is 1. The Morgan fingerprint density at radius 2 is 1.94 bits per heavy atom. The van der Waals surface area contributed by atoms with Crippen molar-refractivity contribution >= 4 is 52.5 Å². The number of thioether (sulfide) groups is 1. The predicted molar refractivity (Wildman–Crippen MR) is 138 cm³/mol. The standard InChI is InChI=1S/C24H25Cl3N4O2S/c25-19-3-1-2-18(13-19)23-29-22(33-30-23)14-31-9-6-17(7-10-31)24(32)28-8-11-34-15-16-4-5-20(26)21(27)12-16/h1-5,12-13,17H,6-11,14-15H2,(H,28,32). The van der Waals surface area contributed by atoms with Crippen LogP contribution in [-0.2, 0) is 17.1 Å². The lowest BCUT2D eigenvalue weighted by molar-refractivity contribution is -0.126. The number of aromatic nitrogens is 2. The molecule has 0 radical (unpaired) electrons. The van der Waals surface area contributed by atoms with Gasteiger partial charge < -0.3 is 9.84 Å². The summed E-state index contributed by atoms with van der Waals surface area (Å²) in [4.78, 5) is 19.3. The summed E-state index contributed by atoms with van der Waals surface area (Å²) in [5.41, 5.74) is 1.95. The summed E-state index contributed by atoms with van der Waals surface area (Å²) >= 11 is 19.8. The van der Waals surface area contributed by atoms with Crippen LogP contribution in [0, 0.1) is 5.92 Å². The number of benzene rings is 2. The van der Waals surface area contributed by atoms with Gasteiger partial charge in [-0.1, -0.05) is 58.2 Å². The topological polar surface area (TPSA) is 71.3 Å². The van der Waals surface area contributed by atoms with Crippen LogP contribution in [0.1, 0.15) is 24.3 Å². The van der Waals surface area contributed by atoms with Crippen LogP contribution < -0.4 is 5.32 Å². The van der Waals surface area contributed by atoms with Gasteiger partial charge in [0, 0.05) is 34.6 Å². The van der Waals surface area contributed by atoms with Crippen LogP contribution in [-0.4, -0.2) is 46.3 Å². The van der Waals surface area contributed by atoms with Crippen LogP contribution in [0.5, 0.6) is 0 Å². The molecule has 1 aliphatic heterocycles. The molecule has 1 aromatic heterocycles. The molecule has 1 saturated heterocycles. The fourth-order valence-corrected chi connectivity index (χ4v) is 5.14. The third-order valence-electron chi connectivity index (χ3n) is 5.67. The molecule has 0 saturated carbocycles. The van der Waals surface area contributed by atoms with E-state index >= 15 is 0 Å². The number of carbonyl (C=O) groups is 1. The Bertz CT molecular complexity index is 1120. The first-order chi connectivity index (χ1) is 16.5. The highest BCUT2D eigenvalue weighted by atomic mass is 35.5. The summed E-state index contributed by atoms with van der Waals surface area (Å²) in [7, 11) is 0. The molecule has 1 amide bonds. The molecular weight excluding hydrogens is 515 g/mol. The lowest BCUT2D eigenvalue weighted by Crippen LogP contribution is -2.40.